The molecular weight excluding hydrogens is 122 g/mol. The zero-order valence-corrected chi connectivity index (χ0v) is 5.19. The highest BCUT2D eigenvalue weighted by molar-refractivity contribution is 7.09. The Bertz CT molecular complexity index is 138. The molecule has 0 unspecified atom stereocenters. The third kappa shape index (κ3) is 1.28. The van der Waals surface area contributed by atoms with Crippen LogP contribution < -0.4 is 0 Å². The number of aliphatic hydroxyl groups excluding tert-OH is 1. The minimum Gasteiger partial charge on any atom is -0.396 e. The molecule has 0 radical (unpaired) electrons. The van der Waals surface area contributed by atoms with Crippen LogP contribution in [0, 0.1) is 0 Å². The molecule has 2 nitrogen and oxygen atoms in total. The van der Waals surface area contributed by atoms with E-state index in [1.54, 1.807) is 23.0 Å². The van der Waals surface area contributed by atoms with E-state index in [0.717, 1.165) is 11.3 Å². The summed E-state index contributed by atoms with van der Waals surface area (Å²) >= 11 is 1.58. The zero-order chi connectivity index (χ0) is 5.82. The van der Waals surface area contributed by atoms with Crippen molar-refractivity contribution in [2.24, 2.45) is 0 Å². The Morgan fingerprint density at radius 2 is 2.62 bits per heavy atom. The van der Waals surface area contributed by atoms with Crippen LogP contribution in [0.1, 0.15) is 4.88 Å². The number of rotatable bonds is 2. The third-order valence-corrected chi connectivity index (χ3v) is 1.68. The van der Waals surface area contributed by atoms with Crippen molar-refractivity contribution in [3.8, 4) is 0 Å². The van der Waals surface area contributed by atoms with Gasteiger partial charge in [-0.3, -0.25) is 4.98 Å². The number of hydrogen-bond donors (Lipinski definition) is 1. The van der Waals surface area contributed by atoms with E-state index >= 15 is 0 Å². The van der Waals surface area contributed by atoms with Gasteiger partial charge in [0.2, 0.25) is 0 Å². The van der Waals surface area contributed by atoms with Gasteiger partial charge in [-0.1, -0.05) is 0 Å². The average molecular weight is 129 g/mol. The second kappa shape index (κ2) is 2.79. The van der Waals surface area contributed by atoms with Gasteiger partial charge in [-0.05, 0) is 0 Å². The maximum atomic E-state index is 8.42. The quantitative estimate of drug-likeness (QED) is 0.637. The molecule has 3 heteroatoms. The highest BCUT2D eigenvalue weighted by Gasteiger charge is 1.89. The van der Waals surface area contributed by atoms with Crippen LogP contribution >= 0.6 is 11.3 Å². The van der Waals surface area contributed by atoms with E-state index in [4.69, 9.17) is 5.11 Å². The average Bonchev–Trinajstić information content (AvgIpc) is 2.19. The van der Waals surface area contributed by atoms with Gasteiger partial charge < -0.3 is 5.11 Å². The normalized spacial score (nSPS) is 9.62. The van der Waals surface area contributed by atoms with Crippen LogP contribution in [-0.2, 0) is 6.42 Å². The Labute approximate surface area is 51.8 Å². The van der Waals surface area contributed by atoms with E-state index in [9.17, 15) is 0 Å². The number of thiazole rings is 1. The van der Waals surface area contributed by atoms with Gasteiger partial charge in [-0.25, -0.2) is 0 Å². The lowest BCUT2D eigenvalue weighted by atomic mass is 10.4. The first-order chi connectivity index (χ1) is 3.93. The minimum atomic E-state index is 0.224. The molecule has 1 aromatic heterocycles. The van der Waals surface area contributed by atoms with E-state index in [1.165, 1.54) is 0 Å². The highest BCUT2D eigenvalue weighted by Crippen LogP contribution is 2.04. The zero-order valence-electron chi connectivity index (χ0n) is 4.37. The summed E-state index contributed by atoms with van der Waals surface area (Å²) in [6.45, 7) is 0.224. The van der Waals surface area contributed by atoms with E-state index < -0.39 is 0 Å². The fourth-order valence-electron chi connectivity index (χ4n) is 0.476. The van der Waals surface area contributed by atoms with Crippen LogP contribution in [0.15, 0.2) is 11.7 Å². The molecule has 1 N–H and O–H groups in total. The SMILES string of the molecule is OCCc1cncs1. The maximum absolute atomic E-state index is 8.42. The summed E-state index contributed by atoms with van der Waals surface area (Å²) < 4.78 is 0. The first-order valence-corrected chi connectivity index (χ1v) is 3.29. The molecule has 0 bridgehead atoms. The molecule has 0 aliphatic carbocycles. The summed E-state index contributed by atoms with van der Waals surface area (Å²) in [5.74, 6) is 0. The summed E-state index contributed by atoms with van der Waals surface area (Å²) in [4.78, 5) is 4.99. The molecule has 0 amide bonds. The van der Waals surface area contributed by atoms with Crippen LogP contribution in [0.25, 0.3) is 0 Å². The van der Waals surface area contributed by atoms with Crippen molar-refractivity contribution in [2.75, 3.05) is 6.61 Å². The summed E-state index contributed by atoms with van der Waals surface area (Å²) in [5.41, 5.74) is 1.77. The third-order valence-electron chi connectivity index (χ3n) is 0.842. The van der Waals surface area contributed by atoms with Gasteiger partial charge in [0.1, 0.15) is 0 Å². The van der Waals surface area contributed by atoms with Crippen molar-refractivity contribution in [3.63, 3.8) is 0 Å². The van der Waals surface area contributed by atoms with Crippen molar-refractivity contribution in [1.29, 1.82) is 0 Å². The molecular formula is C5H7NOS. The molecule has 1 aromatic rings. The molecule has 0 fully saturated rings. The van der Waals surface area contributed by atoms with Crippen LogP contribution in [-0.4, -0.2) is 16.7 Å². The van der Waals surface area contributed by atoms with Crippen molar-refractivity contribution in [2.45, 2.75) is 6.42 Å². The van der Waals surface area contributed by atoms with Crippen LogP contribution in [0.2, 0.25) is 0 Å². The van der Waals surface area contributed by atoms with Gasteiger partial charge in [0.15, 0.2) is 0 Å². The van der Waals surface area contributed by atoms with E-state index in [1.807, 2.05) is 0 Å². The van der Waals surface area contributed by atoms with Gasteiger partial charge in [0.25, 0.3) is 0 Å². The molecule has 0 saturated carbocycles. The number of aromatic nitrogens is 1. The lowest BCUT2D eigenvalue weighted by Gasteiger charge is -1.84. The van der Waals surface area contributed by atoms with Crippen LogP contribution in [0.5, 0.6) is 0 Å². The summed E-state index contributed by atoms with van der Waals surface area (Å²) in [7, 11) is 0. The van der Waals surface area contributed by atoms with Gasteiger partial charge in [-0.2, -0.15) is 0 Å². The molecule has 0 atom stereocenters. The lowest BCUT2D eigenvalue weighted by Crippen LogP contribution is -1.84. The Kier molecular flexibility index (Phi) is 2.00. The molecule has 1 heterocycles. The van der Waals surface area contributed by atoms with E-state index in [-0.39, 0.29) is 6.61 Å². The second-order valence-corrected chi connectivity index (χ2v) is 2.41. The number of hydrogen-bond acceptors (Lipinski definition) is 3. The first kappa shape index (κ1) is 5.72. The summed E-state index contributed by atoms with van der Waals surface area (Å²) in [6.07, 6.45) is 2.52. The van der Waals surface area contributed by atoms with Gasteiger partial charge in [0, 0.05) is 24.1 Å². The predicted octanol–water partition coefficient (Wildman–Crippen LogP) is 0.678. The van der Waals surface area contributed by atoms with Gasteiger partial charge in [0.05, 0.1) is 5.51 Å². The number of nitrogens with zero attached hydrogens (tertiary/aromatic N) is 1. The maximum Gasteiger partial charge on any atom is 0.0794 e. The highest BCUT2D eigenvalue weighted by atomic mass is 32.1. The molecule has 0 aliphatic heterocycles. The van der Waals surface area contributed by atoms with Crippen LogP contribution in [0.3, 0.4) is 0 Å². The molecule has 0 aliphatic rings. The van der Waals surface area contributed by atoms with Crippen molar-refractivity contribution in [3.05, 3.63) is 16.6 Å². The molecule has 8 heavy (non-hydrogen) atoms. The van der Waals surface area contributed by atoms with Gasteiger partial charge >= 0.3 is 0 Å². The fourth-order valence-corrected chi connectivity index (χ4v) is 1.06. The topological polar surface area (TPSA) is 33.1 Å². The largest absolute Gasteiger partial charge is 0.396 e. The van der Waals surface area contributed by atoms with Crippen molar-refractivity contribution in [1.82, 2.24) is 4.98 Å². The van der Waals surface area contributed by atoms with E-state index in [0.29, 0.717) is 0 Å². The Morgan fingerprint density at radius 3 is 3.12 bits per heavy atom. The number of aliphatic hydroxyl groups is 1. The minimum absolute atomic E-state index is 0.224. The lowest BCUT2D eigenvalue weighted by molar-refractivity contribution is 0.300. The van der Waals surface area contributed by atoms with Crippen molar-refractivity contribution >= 4 is 11.3 Å². The monoisotopic (exact) mass is 129 g/mol. The molecule has 0 spiro atoms. The molecule has 0 aromatic carbocycles. The van der Waals surface area contributed by atoms with Crippen LogP contribution in [0.4, 0.5) is 0 Å². The van der Waals surface area contributed by atoms with Crippen molar-refractivity contribution < 1.29 is 5.11 Å². The Morgan fingerprint density at radius 1 is 1.75 bits per heavy atom. The predicted molar refractivity (Wildman–Crippen MR) is 32.9 cm³/mol. The Hall–Kier alpha value is -0.410. The molecule has 1 rings (SSSR count). The Balaban J connectivity index is 2.50. The fraction of sp³-hybridized carbons (Fsp3) is 0.400. The summed E-state index contributed by atoms with van der Waals surface area (Å²) in [6, 6.07) is 0. The standard InChI is InChI=1S/C5H7NOS/c7-2-1-5-3-6-4-8-5/h3-4,7H,1-2H2. The molecule has 0 saturated heterocycles. The first-order valence-electron chi connectivity index (χ1n) is 2.41. The summed E-state index contributed by atoms with van der Waals surface area (Å²) in [5, 5.41) is 8.42. The van der Waals surface area contributed by atoms with E-state index in [2.05, 4.69) is 4.98 Å². The second-order valence-electron chi connectivity index (χ2n) is 1.44. The van der Waals surface area contributed by atoms with Gasteiger partial charge in [-0.15, -0.1) is 11.3 Å². The smallest absolute Gasteiger partial charge is 0.0794 e. The molecule has 44 valence electrons.